The van der Waals surface area contributed by atoms with Crippen LogP contribution in [0.3, 0.4) is 0 Å². The summed E-state index contributed by atoms with van der Waals surface area (Å²) in [5.41, 5.74) is 1.26. The monoisotopic (exact) mass is 320 g/mol. The van der Waals surface area contributed by atoms with E-state index >= 15 is 0 Å². The Morgan fingerprint density at radius 2 is 2.00 bits per heavy atom. The highest BCUT2D eigenvalue weighted by Gasteiger charge is 2.20. The zero-order chi connectivity index (χ0) is 17.5. The molecule has 5 nitrogen and oxygen atoms in total. The van der Waals surface area contributed by atoms with Gasteiger partial charge in [0.15, 0.2) is 5.96 Å². The van der Waals surface area contributed by atoms with Gasteiger partial charge in [-0.1, -0.05) is 12.1 Å². The lowest BCUT2D eigenvalue weighted by atomic mass is 10.0. The lowest BCUT2D eigenvalue weighted by Gasteiger charge is -2.33. The number of nitrogens with zero attached hydrogens (tertiary/aromatic N) is 2. The lowest BCUT2D eigenvalue weighted by Crippen LogP contribution is -2.51. The highest BCUT2D eigenvalue weighted by Crippen LogP contribution is 2.13. The third-order valence-electron chi connectivity index (χ3n) is 4.01. The molecule has 130 valence electrons. The predicted molar refractivity (Wildman–Crippen MR) is 98.4 cm³/mol. The summed E-state index contributed by atoms with van der Waals surface area (Å²) < 4.78 is 5.92. The van der Waals surface area contributed by atoms with Crippen LogP contribution in [0.1, 0.15) is 26.3 Å². The van der Waals surface area contributed by atoms with E-state index in [0.717, 1.165) is 18.3 Å². The number of hydrogen-bond donors (Lipinski definition) is 2. The Morgan fingerprint density at radius 3 is 2.57 bits per heavy atom. The smallest absolute Gasteiger partial charge is 0.191 e. The Bertz CT molecular complexity index is 511. The highest BCUT2D eigenvalue weighted by atomic mass is 16.5. The highest BCUT2D eigenvalue weighted by molar-refractivity contribution is 5.79. The number of aliphatic imine (C=N–C) groups is 1. The van der Waals surface area contributed by atoms with E-state index in [-0.39, 0.29) is 11.6 Å². The molecule has 1 aromatic carbocycles. The molecule has 0 saturated heterocycles. The Kier molecular flexibility index (Phi) is 7.36. The second kappa shape index (κ2) is 8.77. The molecule has 1 rings (SSSR count). The van der Waals surface area contributed by atoms with Gasteiger partial charge in [-0.05, 0) is 59.5 Å². The van der Waals surface area contributed by atoms with Crippen molar-refractivity contribution in [1.82, 2.24) is 15.5 Å². The summed E-state index contributed by atoms with van der Waals surface area (Å²) >= 11 is 0. The maximum Gasteiger partial charge on any atom is 0.191 e. The molecule has 2 N–H and O–H groups in total. The average molecular weight is 320 g/mol. The van der Waals surface area contributed by atoms with E-state index in [1.54, 1.807) is 7.05 Å². The fourth-order valence-corrected chi connectivity index (χ4v) is 1.88. The van der Waals surface area contributed by atoms with E-state index in [4.69, 9.17) is 4.74 Å². The summed E-state index contributed by atoms with van der Waals surface area (Å²) in [5, 5.41) is 6.67. The van der Waals surface area contributed by atoms with Crippen LogP contribution in [0, 0.1) is 6.92 Å². The van der Waals surface area contributed by atoms with Crippen molar-refractivity contribution in [2.24, 2.45) is 4.99 Å². The topological polar surface area (TPSA) is 48.9 Å². The van der Waals surface area contributed by atoms with Crippen molar-refractivity contribution in [2.45, 2.75) is 39.3 Å². The zero-order valence-electron chi connectivity index (χ0n) is 15.6. The third-order valence-corrected chi connectivity index (χ3v) is 4.01. The van der Waals surface area contributed by atoms with Gasteiger partial charge in [-0.2, -0.15) is 0 Å². The molecule has 0 aliphatic heterocycles. The van der Waals surface area contributed by atoms with Crippen molar-refractivity contribution in [3.63, 3.8) is 0 Å². The van der Waals surface area contributed by atoms with E-state index in [9.17, 15) is 0 Å². The van der Waals surface area contributed by atoms with E-state index < -0.39 is 0 Å². The van der Waals surface area contributed by atoms with Gasteiger partial charge in [-0.3, -0.25) is 4.99 Å². The molecule has 23 heavy (non-hydrogen) atoms. The summed E-state index contributed by atoms with van der Waals surface area (Å²) in [6, 6.07) is 8.10. The standard InChI is InChI=1S/C18H32N4O/c1-14-9-8-10-16(11-14)23-15(2)12-20-17(19-5)21-13-18(3,4)22(6)7/h8-11,15H,12-13H2,1-7H3,(H2,19,20,21). The molecule has 0 fully saturated rings. The van der Waals surface area contributed by atoms with Gasteiger partial charge in [0.1, 0.15) is 11.9 Å². The zero-order valence-corrected chi connectivity index (χ0v) is 15.6. The first-order chi connectivity index (χ1) is 10.7. The van der Waals surface area contributed by atoms with Crippen molar-refractivity contribution in [3.8, 4) is 5.75 Å². The summed E-state index contributed by atoms with van der Waals surface area (Å²) in [4.78, 5) is 6.46. The summed E-state index contributed by atoms with van der Waals surface area (Å²) in [5.74, 6) is 1.69. The molecule has 0 spiro atoms. The molecule has 0 aromatic heterocycles. The summed E-state index contributed by atoms with van der Waals surface area (Å²) in [7, 11) is 5.94. The van der Waals surface area contributed by atoms with Gasteiger partial charge in [0.25, 0.3) is 0 Å². The molecule has 0 saturated carbocycles. The molecule has 0 aliphatic carbocycles. The van der Waals surface area contributed by atoms with Crippen LogP contribution in [0.2, 0.25) is 0 Å². The minimum absolute atomic E-state index is 0.0530. The van der Waals surface area contributed by atoms with Crippen LogP contribution in [0.5, 0.6) is 5.75 Å². The number of guanidine groups is 1. The number of rotatable bonds is 7. The summed E-state index contributed by atoms with van der Waals surface area (Å²) in [6.07, 6.45) is 0.0530. The number of nitrogens with one attached hydrogen (secondary N) is 2. The number of hydrogen-bond acceptors (Lipinski definition) is 3. The molecule has 0 aliphatic rings. The maximum atomic E-state index is 5.92. The van der Waals surface area contributed by atoms with Crippen LogP contribution < -0.4 is 15.4 Å². The lowest BCUT2D eigenvalue weighted by molar-refractivity contribution is 0.196. The van der Waals surface area contributed by atoms with Crippen LogP contribution in [0.15, 0.2) is 29.3 Å². The van der Waals surface area contributed by atoms with Gasteiger partial charge in [-0.25, -0.2) is 0 Å². The van der Waals surface area contributed by atoms with Crippen molar-refractivity contribution >= 4 is 5.96 Å². The molecule has 0 bridgehead atoms. The number of benzene rings is 1. The average Bonchev–Trinajstić information content (AvgIpc) is 2.47. The molecule has 1 unspecified atom stereocenters. The molecule has 5 heteroatoms. The Hall–Kier alpha value is -1.75. The van der Waals surface area contributed by atoms with E-state index in [0.29, 0.717) is 6.54 Å². The minimum atomic E-state index is 0.0530. The van der Waals surface area contributed by atoms with Gasteiger partial charge < -0.3 is 20.3 Å². The van der Waals surface area contributed by atoms with Crippen molar-refractivity contribution in [1.29, 1.82) is 0 Å². The molecule has 0 heterocycles. The van der Waals surface area contributed by atoms with Crippen LogP contribution in [0.4, 0.5) is 0 Å². The SMILES string of the molecule is CN=C(NCC(C)Oc1cccc(C)c1)NCC(C)(C)N(C)C. The molecular formula is C18H32N4O. The Morgan fingerprint density at radius 1 is 1.30 bits per heavy atom. The van der Waals surface area contributed by atoms with Crippen LogP contribution in [-0.2, 0) is 0 Å². The van der Waals surface area contributed by atoms with E-state index in [1.807, 2.05) is 25.1 Å². The second-order valence-corrected chi connectivity index (χ2v) is 6.76. The largest absolute Gasteiger partial charge is 0.489 e. The van der Waals surface area contributed by atoms with Gasteiger partial charge in [0, 0.05) is 19.1 Å². The molecule has 0 amide bonds. The van der Waals surface area contributed by atoms with Crippen LogP contribution in [-0.4, -0.2) is 56.7 Å². The van der Waals surface area contributed by atoms with Crippen molar-refractivity contribution in [2.75, 3.05) is 34.2 Å². The van der Waals surface area contributed by atoms with Gasteiger partial charge >= 0.3 is 0 Å². The van der Waals surface area contributed by atoms with E-state index in [2.05, 4.69) is 61.5 Å². The van der Waals surface area contributed by atoms with Crippen LogP contribution in [0.25, 0.3) is 0 Å². The predicted octanol–water partition coefficient (Wildman–Crippen LogP) is 2.27. The maximum absolute atomic E-state index is 5.92. The first kappa shape index (κ1) is 19.3. The first-order valence-electron chi connectivity index (χ1n) is 8.10. The summed E-state index contributed by atoms with van der Waals surface area (Å²) in [6.45, 7) is 10.00. The van der Waals surface area contributed by atoms with Gasteiger partial charge in [-0.15, -0.1) is 0 Å². The van der Waals surface area contributed by atoms with Crippen molar-refractivity contribution in [3.05, 3.63) is 29.8 Å². The van der Waals surface area contributed by atoms with Gasteiger partial charge in [0.05, 0.1) is 6.54 Å². The Balaban J connectivity index is 2.42. The second-order valence-electron chi connectivity index (χ2n) is 6.76. The van der Waals surface area contributed by atoms with E-state index in [1.165, 1.54) is 5.56 Å². The molecular weight excluding hydrogens is 288 g/mol. The molecule has 1 aromatic rings. The number of likely N-dealkylation sites (N-methyl/N-ethyl adjacent to an activating group) is 1. The fourth-order valence-electron chi connectivity index (χ4n) is 1.88. The quantitative estimate of drug-likeness (QED) is 0.598. The first-order valence-corrected chi connectivity index (χ1v) is 8.10. The van der Waals surface area contributed by atoms with Crippen molar-refractivity contribution < 1.29 is 4.74 Å². The Labute approximate surface area is 141 Å². The normalized spacial score (nSPS) is 13.8. The van der Waals surface area contributed by atoms with Gasteiger partial charge in [0.2, 0.25) is 0 Å². The minimum Gasteiger partial charge on any atom is -0.489 e. The number of ether oxygens (including phenoxy) is 1. The third kappa shape index (κ3) is 6.91. The molecule has 1 atom stereocenters. The fraction of sp³-hybridized carbons (Fsp3) is 0.611. The van der Waals surface area contributed by atoms with Crippen LogP contribution >= 0.6 is 0 Å². The number of aryl methyl sites for hydroxylation is 1. The molecule has 0 radical (unpaired) electrons.